The molecule has 0 spiro atoms. The van der Waals surface area contributed by atoms with Crippen LogP contribution in [-0.4, -0.2) is 0 Å². The van der Waals surface area contributed by atoms with Crippen LogP contribution in [0.1, 0.15) is 96.9 Å². The predicted octanol–water partition coefficient (Wildman–Crippen LogP) is 7.18. The number of rotatable bonds is 0. The standard InChI is InChI=1S/C22H42/c1-15(2,3)20(12)18(8,9)21(13)16(4,5)17(6,7)22(20,14)19(21,10)11/h1-14H3. The van der Waals surface area contributed by atoms with Gasteiger partial charge in [0.15, 0.2) is 0 Å². The summed E-state index contributed by atoms with van der Waals surface area (Å²) in [4.78, 5) is 0. The van der Waals surface area contributed by atoms with E-state index in [2.05, 4.69) is 96.9 Å². The molecule has 130 valence electrons. The lowest BCUT2D eigenvalue weighted by Crippen LogP contribution is -2.66. The van der Waals surface area contributed by atoms with Crippen LogP contribution in [0.15, 0.2) is 0 Å². The number of hydrogen-bond donors (Lipinski definition) is 0. The largest absolute Gasteiger partial charge is 0.0596 e. The second-order valence-corrected chi connectivity index (χ2v) is 12.1. The molecule has 2 bridgehead atoms. The predicted molar refractivity (Wildman–Crippen MR) is 98.9 cm³/mol. The summed E-state index contributed by atoms with van der Waals surface area (Å²) in [5.74, 6) is 0. The maximum absolute atomic E-state index is 2.62. The summed E-state index contributed by atoms with van der Waals surface area (Å²) >= 11 is 0. The molecule has 0 aromatic carbocycles. The van der Waals surface area contributed by atoms with Crippen LogP contribution < -0.4 is 0 Å². The van der Waals surface area contributed by atoms with Gasteiger partial charge in [-0.3, -0.25) is 0 Å². The summed E-state index contributed by atoms with van der Waals surface area (Å²) < 4.78 is 0. The van der Waals surface area contributed by atoms with Gasteiger partial charge < -0.3 is 0 Å². The van der Waals surface area contributed by atoms with Crippen molar-refractivity contribution in [3.8, 4) is 0 Å². The van der Waals surface area contributed by atoms with Gasteiger partial charge in [-0.05, 0) is 43.3 Å². The minimum Gasteiger partial charge on any atom is -0.0596 e. The molecule has 2 aliphatic rings. The Hall–Kier alpha value is 0. The first-order valence-electron chi connectivity index (χ1n) is 9.25. The minimum absolute atomic E-state index is 0.268. The van der Waals surface area contributed by atoms with E-state index in [9.17, 15) is 0 Å². The molecule has 0 N–H and O–H groups in total. The van der Waals surface area contributed by atoms with Crippen molar-refractivity contribution in [3.05, 3.63) is 0 Å². The van der Waals surface area contributed by atoms with Gasteiger partial charge in [0.1, 0.15) is 0 Å². The summed E-state index contributed by atoms with van der Waals surface area (Å²) in [6.07, 6.45) is 0. The highest BCUT2D eigenvalue weighted by Crippen LogP contribution is 2.96. The van der Waals surface area contributed by atoms with Gasteiger partial charge in [0.05, 0.1) is 0 Å². The monoisotopic (exact) mass is 306 g/mol. The molecule has 3 atom stereocenters. The number of fused-ring (bicyclic) bond motifs is 2. The molecule has 0 saturated heterocycles. The van der Waals surface area contributed by atoms with Gasteiger partial charge in [0.2, 0.25) is 0 Å². The van der Waals surface area contributed by atoms with Crippen LogP contribution in [0.5, 0.6) is 0 Å². The molecule has 2 rings (SSSR count). The average Bonchev–Trinajstić information content (AvgIpc) is 2.41. The van der Waals surface area contributed by atoms with Gasteiger partial charge in [0, 0.05) is 0 Å². The van der Waals surface area contributed by atoms with Gasteiger partial charge in [-0.2, -0.15) is 0 Å². The van der Waals surface area contributed by atoms with Crippen molar-refractivity contribution >= 4 is 0 Å². The van der Waals surface area contributed by atoms with Gasteiger partial charge in [-0.1, -0.05) is 96.9 Å². The van der Waals surface area contributed by atoms with Crippen LogP contribution in [-0.2, 0) is 0 Å². The van der Waals surface area contributed by atoms with Crippen molar-refractivity contribution in [2.24, 2.45) is 43.3 Å². The fraction of sp³-hybridized carbons (Fsp3) is 1.00. The minimum atomic E-state index is 0.268. The summed E-state index contributed by atoms with van der Waals surface area (Å²) in [7, 11) is 0. The highest BCUT2D eigenvalue weighted by Gasteiger charge is 2.91. The lowest BCUT2D eigenvalue weighted by molar-refractivity contribution is -0.239. The Balaban J connectivity index is 3.06. The van der Waals surface area contributed by atoms with Crippen LogP contribution in [0.2, 0.25) is 0 Å². The smallest absolute Gasteiger partial charge is 0.0148 e. The molecule has 22 heavy (non-hydrogen) atoms. The zero-order valence-electron chi connectivity index (χ0n) is 18.0. The fourth-order valence-corrected chi connectivity index (χ4v) is 8.94. The summed E-state index contributed by atoms with van der Waals surface area (Å²) in [5.41, 5.74) is 2.24. The van der Waals surface area contributed by atoms with E-state index in [-0.39, 0.29) is 32.5 Å². The zero-order valence-corrected chi connectivity index (χ0v) is 18.0. The molecule has 0 aliphatic heterocycles. The van der Waals surface area contributed by atoms with E-state index in [0.29, 0.717) is 10.8 Å². The van der Waals surface area contributed by atoms with Crippen molar-refractivity contribution in [3.63, 3.8) is 0 Å². The first-order chi connectivity index (χ1) is 9.25. The molecule has 0 heterocycles. The molecule has 2 fully saturated rings. The van der Waals surface area contributed by atoms with E-state index in [1.54, 1.807) is 0 Å². The summed E-state index contributed by atoms with van der Waals surface area (Å²) in [6, 6.07) is 0. The SMILES string of the molecule is CC(C)(C)C1(C)C(C)(C)C2(C)C(C)(C)C(C)(C)C1(C)C2(C)C. The van der Waals surface area contributed by atoms with Crippen LogP contribution in [0, 0.1) is 43.3 Å². The Morgan fingerprint density at radius 1 is 0.409 bits per heavy atom. The van der Waals surface area contributed by atoms with Crippen molar-refractivity contribution in [2.75, 3.05) is 0 Å². The zero-order chi connectivity index (χ0) is 18.0. The molecule has 0 heteroatoms. The first kappa shape index (κ1) is 18.3. The molecule has 0 amide bonds. The highest BCUT2D eigenvalue weighted by atomic mass is 14.9. The Bertz CT molecular complexity index is 511. The van der Waals surface area contributed by atoms with Gasteiger partial charge in [-0.25, -0.2) is 0 Å². The molecule has 0 aromatic rings. The third-order valence-corrected chi connectivity index (χ3v) is 11.6. The van der Waals surface area contributed by atoms with Crippen LogP contribution in [0.4, 0.5) is 0 Å². The fourth-order valence-electron chi connectivity index (χ4n) is 8.94. The molecule has 0 nitrogen and oxygen atoms in total. The van der Waals surface area contributed by atoms with E-state index >= 15 is 0 Å². The van der Waals surface area contributed by atoms with Crippen molar-refractivity contribution in [1.29, 1.82) is 0 Å². The van der Waals surface area contributed by atoms with E-state index < -0.39 is 0 Å². The molecule has 0 radical (unpaired) electrons. The lowest BCUT2D eigenvalue weighted by Gasteiger charge is -2.71. The average molecular weight is 307 g/mol. The van der Waals surface area contributed by atoms with E-state index in [4.69, 9.17) is 0 Å². The van der Waals surface area contributed by atoms with E-state index in [1.165, 1.54) is 0 Å². The Morgan fingerprint density at radius 3 is 1.00 bits per heavy atom. The normalized spacial score (nSPS) is 47.7. The second-order valence-electron chi connectivity index (χ2n) is 12.1. The topological polar surface area (TPSA) is 0 Å². The Kier molecular flexibility index (Phi) is 3.04. The van der Waals surface area contributed by atoms with Crippen molar-refractivity contribution in [2.45, 2.75) is 96.9 Å². The van der Waals surface area contributed by atoms with Crippen LogP contribution in [0.25, 0.3) is 0 Å². The van der Waals surface area contributed by atoms with Crippen LogP contribution >= 0.6 is 0 Å². The molecule has 2 saturated carbocycles. The van der Waals surface area contributed by atoms with Crippen molar-refractivity contribution < 1.29 is 0 Å². The Labute approximate surface area is 140 Å². The van der Waals surface area contributed by atoms with Gasteiger partial charge >= 0.3 is 0 Å². The van der Waals surface area contributed by atoms with Crippen molar-refractivity contribution in [1.82, 2.24) is 0 Å². The summed E-state index contributed by atoms with van der Waals surface area (Å²) in [5, 5.41) is 0. The quantitative estimate of drug-likeness (QED) is 0.444. The van der Waals surface area contributed by atoms with E-state index in [1.807, 2.05) is 0 Å². The number of hydrogen-bond acceptors (Lipinski definition) is 0. The third kappa shape index (κ3) is 1.10. The summed E-state index contributed by atoms with van der Waals surface area (Å²) in [6.45, 7) is 35.8. The lowest BCUT2D eigenvalue weighted by atomic mass is 9.33. The molecular formula is C22H42. The van der Waals surface area contributed by atoms with Gasteiger partial charge in [0.25, 0.3) is 0 Å². The molecule has 2 aliphatic carbocycles. The first-order valence-corrected chi connectivity index (χ1v) is 9.25. The van der Waals surface area contributed by atoms with Gasteiger partial charge in [-0.15, -0.1) is 0 Å². The third-order valence-electron chi connectivity index (χ3n) is 11.6. The highest BCUT2D eigenvalue weighted by molar-refractivity contribution is 5.38. The van der Waals surface area contributed by atoms with E-state index in [0.717, 1.165) is 0 Å². The Morgan fingerprint density at radius 2 is 0.727 bits per heavy atom. The molecular weight excluding hydrogens is 264 g/mol. The van der Waals surface area contributed by atoms with Crippen LogP contribution in [0.3, 0.4) is 0 Å². The maximum atomic E-state index is 2.62. The maximum Gasteiger partial charge on any atom is -0.0148 e. The second kappa shape index (κ2) is 3.65. The molecule has 0 aromatic heterocycles. The molecule has 3 unspecified atom stereocenters.